The smallest absolute Gasteiger partial charge is 0.223 e. The third-order valence-corrected chi connectivity index (χ3v) is 4.35. The van der Waals surface area contributed by atoms with Crippen molar-refractivity contribution in [2.75, 3.05) is 12.3 Å². The molecule has 1 aliphatic rings. The van der Waals surface area contributed by atoms with Gasteiger partial charge in [0.2, 0.25) is 5.91 Å². The van der Waals surface area contributed by atoms with Gasteiger partial charge in [-0.25, -0.2) is 0 Å². The lowest BCUT2D eigenvalue weighted by Crippen LogP contribution is -2.37. The molecule has 6 heteroatoms. The van der Waals surface area contributed by atoms with Crippen LogP contribution in [-0.2, 0) is 16.1 Å². The van der Waals surface area contributed by atoms with E-state index in [1.807, 2.05) is 28.8 Å². The third kappa shape index (κ3) is 3.83. The van der Waals surface area contributed by atoms with Crippen LogP contribution < -0.4 is 0 Å². The zero-order valence-electron chi connectivity index (χ0n) is 11.3. The fourth-order valence-electron chi connectivity index (χ4n) is 2.36. The van der Waals surface area contributed by atoms with Gasteiger partial charge < -0.3 is 4.90 Å². The van der Waals surface area contributed by atoms with Crippen LogP contribution in [0.25, 0.3) is 0 Å². The molecule has 0 bridgehead atoms. The van der Waals surface area contributed by atoms with Gasteiger partial charge in [0.25, 0.3) is 0 Å². The highest BCUT2D eigenvalue weighted by Crippen LogP contribution is 2.24. The van der Waals surface area contributed by atoms with Gasteiger partial charge in [0.15, 0.2) is 5.12 Å². The molecular formula is C13H19N3O2S. The Kier molecular flexibility index (Phi) is 4.63. The Morgan fingerprint density at radius 3 is 3.05 bits per heavy atom. The summed E-state index contributed by atoms with van der Waals surface area (Å²) in [5.41, 5.74) is 0. The summed E-state index contributed by atoms with van der Waals surface area (Å²) in [6.45, 7) is 5.08. The van der Waals surface area contributed by atoms with E-state index in [-0.39, 0.29) is 17.1 Å². The van der Waals surface area contributed by atoms with Crippen molar-refractivity contribution in [1.29, 1.82) is 0 Å². The van der Waals surface area contributed by atoms with Crippen LogP contribution in [0.5, 0.6) is 0 Å². The summed E-state index contributed by atoms with van der Waals surface area (Å²) in [6.07, 6.45) is 4.20. The monoisotopic (exact) mass is 281 g/mol. The maximum Gasteiger partial charge on any atom is 0.223 e. The van der Waals surface area contributed by atoms with E-state index in [0.29, 0.717) is 18.9 Å². The van der Waals surface area contributed by atoms with Gasteiger partial charge >= 0.3 is 0 Å². The molecule has 1 aliphatic heterocycles. The van der Waals surface area contributed by atoms with E-state index in [4.69, 9.17) is 0 Å². The van der Waals surface area contributed by atoms with E-state index in [1.165, 1.54) is 11.8 Å². The van der Waals surface area contributed by atoms with Crippen molar-refractivity contribution in [3.63, 3.8) is 0 Å². The number of hydrogen-bond acceptors (Lipinski definition) is 4. The van der Waals surface area contributed by atoms with Gasteiger partial charge in [-0.05, 0) is 18.9 Å². The second-order valence-corrected chi connectivity index (χ2v) is 6.19. The van der Waals surface area contributed by atoms with Crippen molar-refractivity contribution in [3.05, 3.63) is 18.5 Å². The minimum absolute atomic E-state index is 0.121. The molecule has 1 amide bonds. The van der Waals surface area contributed by atoms with Crippen molar-refractivity contribution in [3.8, 4) is 0 Å². The van der Waals surface area contributed by atoms with Crippen molar-refractivity contribution >= 4 is 22.8 Å². The van der Waals surface area contributed by atoms with Crippen LogP contribution >= 0.6 is 11.8 Å². The highest BCUT2D eigenvalue weighted by molar-refractivity contribution is 8.13. The molecule has 0 aliphatic carbocycles. The van der Waals surface area contributed by atoms with Gasteiger partial charge in [-0.3, -0.25) is 14.3 Å². The fourth-order valence-corrected chi connectivity index (χ4v) is 3.05. The summed E-state index contributed by atoms with van der Waals surface area (Å²) < 4.78 is 1.84. The lowest BCUT2D eigenvalue weighted by atomic mass is 10.1. The number of rotatable bonds is 5. The number of hydrogen-bond donors (Lipinski definition) is 0. The van der Waals surface area contributed by atoms with E-state index in [1.54, 1.807) is 13.1 Å². The lowest BCUT2D eigenvalue weighted by molar-refractivity contribution is -0.129. The van der Waals surface area contributed by atoms with Crippen molar-refractivity contribution in [2.45, 2.75) is 32.9 Å². The van der Waals surface area contributed by atoms with Crippen LogP contribution in [0.4, 0.5) is 0 Å². The number of aromatic nitrogens is 2. The quantitative estimate of drug-likeness (QED) is 0.818. The Morgan fingerprint density at radius 2 is 2.42 bits per heavy atom. The number of amides is 1. The molecule has 2 unspecified atom stereocenters. The van der Waals surface area contributed by atoms with Crippen LogP contribution in [0.3, 0.4) is 0 Å². The Morgan fingerprint density at radius 1 is 1.63 bits per heavy atom. The number of carbonyl (C=O) groups is 2. The zero-order chi connectivity index (χ0) is 13.8. The van der Waals surface area contributed by atoms with E-state index in [9.17, 15) is 9.59 Å². The van der Waals surface area contributed by atoms with E-state index in [0.717, 1.165) is 12.3 Å². The average molecular weight is 281 g/mol. The van der Waals surface area contributed by atoms with Gasteiger partial charge in [0.05, 0.1) is 6.54 Å². The van der Waals surface area contributed by atoms with Crippen LogP contribution in [0.2, 0.25) is 0 Å². The largest absolute Gasteiger partial charge is 0.338 e. The van der Waals surface area contributed by atoms with Gasteiger partial charge in [-0.2, -0.15) is 5.10 Å². The highest BCUT2D eigenvalue weighted by Gasteiger charge is 2.32. The second-order valence-electron chi connectivity index (χ2n) is 5.00. The topological polar surface area (TPSA) is 55.2 Å². The minimum Gasteiger partial charge on any atom is -0.338 e. The third-order valence-electron chi connectivity index (χ3n) is 3.30. The van der Waals surface area contributed by atoms with E-state index < -0.39 is 0 Å². The Balaban J connectivity index is 1.86. The normalized spacial score (nSPS) is 20.8. The molecule has 2 atom stereocenters. The molecule has 1 fully saturated rings. The fraction of sp³-hybridized carbons (Fsp3) is 0.615. The molecule has 1 saturated heterocycles. The molecule has 0 radical (unpaired) electrons. The Bertz CT molecular complexity index is 447. The first-order valence-corrected chi connectivity index (χ1v) is 7.45. The molecular weight excluding hydrogens is 262 g/mol. The molecule has 5 nitrogen and oxygen atoms in total. The summed E-state index contributed by atoms with van der Waals surface area (Å²) in [5, 5.41) is 4.28. The van der Waals surface area contributed by atoms with Gasteiger partial charge in [0, 0.05) is 44.1 Å². The summed E-state index contributed by atoms with van der Waals surface area (Å²) in [6, 6.07) is 2.02. The number of thioether (sulfide) groups is 1. The van der Waals surface area contributed by atoms with Crippen LogP contribution in [0.15, 0.2) is 18.5 Å². The SMILES string of the molecule is CC(=O)SCC1CC(=O)N(C(C)Cn2cccn2)C1. The maximum atomic E-state index is 12.0. The van der Waals surface area contributed by atoms with Crippen molar-refractivity contribution in [2.24, 2.45) is 5.92 Å². The van der Waals surface area contributed by atoms with Crippen molar-refractivity contribution in [1.82, 2.24) is 14.7 Å². The predicted molar refractivity (Wildman–Crippen MR) is 74.6 cm³/mol. The zero-order valence-corrected chi connectivity index (χ0v) is 12.1. The van der Waals surface area contributed by atoms with Crippen LogP contribution in [0.1, 0.15) is 20.3 Å². The van der Waals surface area contributed by atoms with E-state index in [2.05, 4.69) is 5.10 Å². The predicted octanol–water partition coefficient (Wildman–Crippen LogP) is 1.40. The first-order valence-electron chi connectivity index (χ1n) is 6.46. The summed E-state index contributed by atoms with van der Waals surface area (Å²) in [4.78, 5) is 24.9. The molecule has 2 rings (SSSR count). The summed E-state index contributed by atoms with van der Waals surface area (Å²) in [7, 11) is 0. The molecule has 0 saturated carbocycles. The number of likely N-dealkylation sites (tertiary alicyclic amines) is 1. The second kappa shape index (κ2) is 6.23. The molecule has 1 aromatic rings. The van der Waals surface area contributed by atoms with Crippen molar-refractivity contribution < 1.29 is 9.59 Å². The minimum atomic E-state index is 0.121. The lowest BCUT2D eigenvalue weighted by Gasteiger charge is -2.24. The standard InChI is InChI=1S/C13H19N3O2S/c1-10(7-15-5-3-4-14-15)16-8-12(6-13(16)18)9-19-11(2)17/h3-5,10,12H,6-9H2,1-2H3. The molecule has 19 heavy (non-hydrogen) atoms. The molecule has 1 aromatic heterocycles. The summed E-state index contributed by atoms with van der Waals surface area (Å²) >= 11 is 1.31. The molecule has 0 spiro atoms. The number of carbonyl (C=O) groups excluding carboxylic acids is 2. The Hall–Kier alpha value is -1.30. The van der Waals surface area contributed by atoms with Crippen LogP contribution in [-0.4, -0.2) is 44.0 Å². The molecule has 104 valence electrons. The first-order chi connectivity index (χ1) is 9.06. The van der Waals surface area contributed by atoms with E-state index >= 15 is 0 Å². The van der Waals surface area contributed by atoms with Gasteiger partial charge in [-0.15, -0.1) is 0 Å². The van der Waals surface area contributed by atoms with Gasteiger partial charge in [0.1, 0.15) is 0 Å². The summed E-state index contributed by atoms with van der Waals surface area (Å²) in [5.74, 6) is 1.22. The molecule has 0 N–H and O–H groups in total. The average Bonchev–Trinajstić information content (AvgIpc) is 2.96. The highest BCUT2D eigenvalue weighted by atomic mass is 32.2. The number of nitrogens with zero attached hydrogens (tertiary/aromatic N) is 3. The first kappa shape index (κ1) is 14.1. The molecule has 2 heterocycles. The molecule has 0 aromatic carbocycles. The maximum absolute atomic E-state index is 12.0. The Labute approximate surface area is 117 Å². The van der Waals surface area contributed by atoms with Crippen LogP contribution in [0, 0.1) is 5.92 Å². The van der Waals surface area contributed by atoms with Gasteiger partial charge in [-0.1, -0.05) is 11.8 Å².